The van der Waals surface area contributed by atoms with Gasteiger partial charge in [0, 0.05) is 12.1 Å². The molecule has 0 bridgehead atoms. The SMILES string of the molecule is C[C@H]1O[C@@H](OC[C@@H]2O[C@@H](O[C@H]3C(=O)c4c(O)cc(O)cc4O[C@H]3c3ccc(O)c(O)c3)[C@H](O)[C@@H](O)[C@@H]2O)[C@H](O)[C@H](O)[C@H]1O. The molecule has 0 radical (unpaired) electrons. The van der Waals surface area contributed by atoms with Crippen molar-refractivity contribution in [1.29, 1.82) is 0 Å². The largest absolute Gasteiger partial charge is 0.508 e. The van der Waals surface area contributed by atoms with E-state index in [0.29, 0.717) is 0 Å². The van der Waals surface area contributed by atoms with Gasteiger partial charge in [0.05, 0.1) is 12.7 Å². The average Bonchev–Trinajstić information content (AvgIpc) is 2.96. The first kappa shape index (κ1) is 31.1. The quantitative estimate of drug-likeness (QED) is 0.156. The number of phenols is 4. The van der Waals surface area contributed by atoms with Gasteiger partial charge in [0.15, 0.2) is 36.3 Å². The number of rotatable bonds is 6. The van der Waals surface area contributed by atoms with Crippen molar-refractivity contribution in [1.82, 2.24) is 0 Å². The lowest BCUT2D eigenvalue weighted by molar-refractivity contribution is -0.333. The lowest BCUT2D eigenvalue weighted by Crippen LogP contribution is -2.62. The molecule has 3 aliphatic rings. The molecule has 12 atom stereocenters. The number of aliphatic hydroxyl groups excluding tert-OH is 6. The third kappa shape index (κ3) is 5.82. The van der Waals surface area contributed by atoms with E-state index in [4.69, 9.17) is 23.7 Å². The molecular formula is C27H32O16. The Morgan fingerprint density at radius 2 is 1.42 bits per heavy atom. The fourth-order valence-electron chi connectivity index (χ4n) is 5.15. The summed E-state index contributed by atoms with van der Waals surface area (Å²) in [6.45, 7) is 0.840. The Morgan fingerprint density at radius 1 is 0.744 bits per heavy atom. The van der Waals surface area contributed by atoms with Gasteiger partial charge in [-0.2, -0.15) is 0 Å². The summed E-state index contributed by atoms with van der Waals surface area (Å²) in [5.41, 5.74) is -0.294. The van der Waals surface area contributed by atoms with Gasteiger partial charge in [-0.05, 0) is 24.6 Å². The van der Waals surface area contributed by atoms with Crippen molar-refractivity contribution in [2.45, 2.75) is 80.5 Å². The summed E-state index contributed by atoms with van der Waals surface area (Å²) >= 11 is 0. The van der Waals surface area contributed by atoms with Crippen LogP contribution >= 0.6 is 0 Å². The van der Waals surface area contributed by atoms with Gasteiger partial charge in [0.2, 0.25) is 5.78 Å². The van der Waals surface area contributed by atoms with Crippen LogP contribution in [0.5, 0.6) is 28.7 Å². The summed E-state index contributed by atoms with van der Waals surface area (Å²) < 4.78 is 28.1. The smallest absolute Gasteiger partial charge is 0.203 e. The van der Waals surface area contributed by atoms with Crippen LogP contribution in [0, 0.1) is 0 Å². The lowest BCUT2D eigenvalue weighted by atomic mass is 9.92. The van der Waals surface area contributed by atoms with E-state index in [2.05, 4.69) is 0 Å². The van der Waals surface area contributed by atoms with Crippen molar-refractivity contribution < 1.29 is 79.5 Å². The Morgan fingerprint density at radius 3 is 2.12 bits per heavy atom. The summed E-state index contributed by atoms with van der Waals surface area (Å²) in [6, 6.07) is 5.44. The van der Waals surface area contributed by atoms with Crippen LogP contribution in [-0.4, -0.2) is 131 Å². The van der Waals surface area contributed by atoms with Crippen molar-refractivity contribution in [3.8, 4) is 28.7 Å². The van der Waals surface area contributed by atoms with Gasteiger partial charge in [0.25, 0.3) is 0 Å². The van der Waals surface area contributed by atoms with E-state index in [1.54, 1.807) is 0 Å². The van der Waals surface area contributed by atoms with Gasteiger partial charge >= 0.3 is 0 Å². The van der Waals surface area contributed by atoms with Gasteiger partial charge in [0.1, 0.15) is 65.5 Å². The third-order valence-electron chi connectivity index (χ3n) is 7.61. The molecule has 2 aromatic carbocycles. The van der Waals surface area contributed by atoms with Gasteiger partial charge in [-0.25, -0.2) is 0 Å². The molecule has 0 aromatic heterocycles. The Bertz CT molecular complexity index is 1340. The molecule has 0 unspecified atom stereocenters. The number of ketones is 1. The van der Waals surface area contributed by atoms with Gasteiger partial charge in [-0.15, -0.1) is 0 Å². The number of carbonyl (C=O) groups is 1. The van der Waals surface area contributed by atoms with E-state index in [1.807, 2.05) is 0 Å². The highest BCUT2D eigenvalue weighted by atomic mass is 16.7. The molecule has 3 heterocycles. The number of fused-ring (bicyclic) bond motifs is 1. The Kier molecular flexibility index (Phi) is 8.70. The van der Waals surface area contributed by atoms with Crippen LogP contribution in [0.25, 0.3) is 0 Å². The molecule has 2 aromatic rings. The first-order valence-electron chi connectivity index (χ1n) is 13.2. The number of hydrogen-bond donors (Lipinski definition) is 10. The molecule has 3 aliphatic heterocycles. The highest BCUT2D eigenvalue weighted by Gasteiger charge is 2.50. The second-order valence-electron chi connectivity index (χ2n) is 10.6. The van der Waals surface area contributed by atoms with Crippen LogP contribution in [0.3, 0.4) is 0 Å². The number of aliphatic hydroxyl groups is 6. The third-order valence-corrected chi connectivity index (χ3v) is 7.61. The minimum atomic E-state index is -1.93. The van der Waals surface area contributed by atoms with E-state index in [0.717, 1.165) is 24.3 Å². The van der Waals surface area contributed by atoms with Crippen molar-refractivity contribution >= 4 is 5.78 Å². The minimum Gasteiger partial charge on any atom is -0.508 e. The molecule has 5 rings (SSSR count). The van der Waals surface area contributed by atoms with E-state index in [1.165, 1.54) is 13.0 Å². The topological polar surface area (TPSA) is 266 Å². The second-order valence-corrected chi connectivity index (χ2v) is 10.6. The van der Waals surface area contributed by atoms with Gasteiger partial charge < -0.3 is 74.7 Å². The molecule has 2 saturated heterocycles. The molecule has 236 valence electrons. The van der Waals surface area contributed by atoms with Gasteiger partial charge in [-0.1, -0.05) is 6.07 Å². The normalized spacial score (nSPS) is 37.9. The Hall–Kier alpha value is -3.29. The van der Waals surface area contributed by atoms with Crippen molar-refractivity contribution in [2.24, 2.45) is 0 Å². The highest BCUT2D eigenvalue weighted by molar-refractivity contribution is 6.05. The average molecular weight is 613 g/mol. The maximum atomic E-state index is 13.6. The zero-order valence-corrected chi connectivity index (χ0v) is 22.4. The fourth-order valence-corrected chi connectivity index (χ4v) is 5.15. The number of hydrogen-bond acceptors (Lipinski definition) is 16. The van der Waals surface area contributed by atoms with Crippen LogP contribution in [0.4, 0.5) is 0 Å². The number of Topliss-reactive ketones (excluding diaryl/α,β-unsaturated/α-hetero) is 1. The second kappa shape index (κ2) is 12.0. The molecular weight excluding hydrogens is 580 g/mol. The van der Waals surface area contributed by atoms with Crippen molar-refractivity contribution in [3.05, 3.63) is 41.5 Å². The monoisotopic (exact) mass is 612 g/mol. The first-order valence-corrected chi connectivity index (χ1v) is 13.2. The fraction of sp³-hybridized carbons (Fsp3) is 0.519. The molecule has 43 heavy (non-hydrogen) atoms. The number of aromatic hydroxyl groups is 4. The molecule has 0 amide bonds. The van der Waals surface area contributed by atoms with Crippen LogP contribution in [0.2, 0.25) is 0 Å². The predicted octanol–water partition coefficient (Wildman–Crippen LogP) is -2.14. The molecule has 16 heteroatoms. The summed E-state index contributed by atoms with van der Waals surface area (Å²) in [5.74, 6) is -3.26. The van der Waals surface area contributed by atoms with E-state index in [9.17, 15) is 55.9 Å². The number of benzene rings is 2. The number of ether oxygens (including phenoxy) is 5. The highest BCUT2D eigenvalue weighted by Crippen LogP contribution is 2.44. The molecule has 10 N–H and O–H groups in total. The predicted molar refractivity (Wildman–Crippen MR) is 137 cm³/mol. The zero-order valence-electron chi connectivity index (χ0n) is 22.4. The van der Waals surface area contributed by atoms with E-state index >= 15 is 0 Å². The summed E-state index contributed by atoms with van der Waals surface area (Å²) in [7, 11) is 0. The molecule has 0 aliphatic carbocycles. The standard InChI is InChI=1S/C27H32O16/c1-8-17(32)20(35)22(37)26(40-8)39-7-15-18(33)21(36)23(38)27(42-15)43-25-19(34)16-13(31)5-10(28)6-14(16)41-24(25)9-2-3-11(29)12(30)4-9/h2-6,8,15,17-18,20-33,35-38H,7H2,1H3/t8-,15+,17+,18-,20-,21+,22-,23-,24+,25+,26-,27+/m1/s1. The minimum absolute atomic E-state index is 0.0891. The van der Waals surface area contributed by atoms with Crippen LogP contribution < -0.4 is 4.74 Å². The van der Waals surface area contributed by atoms with E-state index < -0.39 is 109 Å². The van der Waals surface area contributed by atoms with Crippen LogP contribution in [0.15, 0.2) is 30.3 Å². The van der Waals surface area contributed by atoms with E-state index in [-0.39, 0.29) is 16.9 Å². The maximum Gasteiger partial charge on any atom is 0.203 e. The molecule has 0 spiro atoms. The van der Waals surface area contributed by atoms with Crippen molar-refractivity contribution in [2.75, 3.05) is 6.61 Å². The number of carbonyl (C=O) groups excluding carboxylic acids is 1. The first-order chi connectivity index (χ1) is 20.3. The molecule has 2 fully saturated rings. The Balaban J connectivity index is 1.40. The summed E-state index contributed by atoms with van der Waals surface area (Å²) in [4.78, 5) is 13.6. The zero-order chi connectivity index (χ0) is 31.3. The summed E-state index contributed by atoms with van der Waals surface area (Å²) in [5, 5.41) is 102. The van der Waals surface area contributed by atoms with Gasteiger partial charge in [-0.3, -0.25) is 4.79 Å². The van der Waals surface area contributed by atoms with Crippen LogP contribution in [0.1, 0.15) is 28.9 Å². The number of phenolic OH excluding ortho intramolecular Hbond substituents is 4. The lowest BCUT2D eigenvalue weighted by Gasteiger charge is -2.44. The molecule has 0 saturated carbocycles. The molecule has 16 nitrogen and oxygen atoms in total. The Labute approximate surface area is 243 Å². The van der Waals surface area contributed by atoms with Crippen molar-refractivity contribution in [3.63, 3.8) is 0 Å². The summed E-state index contributed by atoms with van der Waals surface area (Å²) in [6.07, 6.45) is -19.1. The maximum absolute atomic E-state index is 13.6. The van der Waals surface area contributed by atoms with Crippen LogP contribution in [-0.2, 0) is 18.9 Å².